The van der Waals surface area contributed by atoms with Crippen molar-refractivity contribution in [1.82, 2.24) is 0 Å². The van der Waals surface area contributed by atoms with Gasteiger partial charge in [0.25, 0.3) is 0 Å². The molecule has 1 nitrogen and oxygen atoms in total. The van der Waals surface area contributed by atoms with Crippen molar-refractivity contribution in [2.45, 2.75) is 51.4 Å². The van der Waals surface area contributed by atoms with Gasteiger partial charge in [0.1, 0.15) is 0 Å². The van der Waals surface area contributed by atoms with E-state index in [1.54, 1.807) is 0 Å². The van der Waals surface area contributed by atoms with Crippen molar-refractivity contribution in [3.63, 3.8) is 0 Å². The second-order valence-electron chi connectivity index (χ2n) is 5.71. The maximum Gasteiger partial charge on any atom is -0.000556 e. The van der Waals surface area contributed by atoms with E-state index in [-0.39, 0.29) is 0 Å². The Kier molecular flexibility index (Phi) is 4.22. The standard InChI is InChI=1S/C16H25N/c1-12(2)13-7-9-15(10-8-13)16(11-17)14-5-3-4-6-14/h7-10,12,14,16H,3-6,11,17H2,1-2H3. The van der Waals surface area contributed by atoms with Crippen LogP contribution in [0.1, 0.15) is 62.5 Å². The van der Waals surface area contributed by atoms with Crippen LogP contribution in [0.5, 0.6) is 0 Å². The average Bonchev–Trinajstić information content (AvgIpc) is 2.84. The third-order valence-corrected chi connectivity index (χ3v) is 4.25. The van der Waals surface area contributed by atoms with Crippen molar-refractivity contribution in [3.8, 4) is 0 Å². The van der Waals surface area contributed by atoms with Gasteiger partial charge in [0.15, 0.2) is 0 Å². The lowest BCUT2D eigenvalue weighted by atomic mass is 9.84. The molecule has 0 saturated heterocycles. The van der Waals surface area contributed by atoms with E-state index in [1.165, 1.54) is 36.8 Å². The summed E-state index contributed by atoms with van der Waals surface area (Å²) in [6.07, 6.45) is 5.53. The second-order valence-corrected chi connectivity index (χ2v) is 5.71. The van der Waals surface area contributed by atoms with Crippen LogP contribution in [-0.4, -0.2) is 6.54 Å². The van der Waals surface area contributed by atoms with Gasteiger partial charge in [-0.25, -0.2) is 0 Å². The number of hydrogen-bond acceptors (Lipinski definition) is 1. The summed E-state index contributed by atoms with van der Waals surface area (Å²) in [5.41, 5.74) is 8.86. The second kappa shape index (κ2) is 5.68. The maximum absolute atomic E-state index is 5.98. The first-order chi connectivity index (χ1) is 8.22. The zero-order valence-corrected chi connectivity index (χ0v) is 11.2. The molecule has 2 rings (SSSR count). The van der Waals surface area contributed by atoms with Crippen LogP contribution in [0, 0.1) is 5.92 Å². The molecule has 0 amide bonds. The molecule has 1 unspecified atom stereocenters. The summed E-state index contributed by atoms with van der Waals surface area (Å²) in [6.45, 7) is 5.28. The highest BCUT2D eigenvalue weighted by Crippen LogP contribution is 2.36. The van der Waals surface area contributed by atoms with E-state index in [0.717, 1.165) is 12.5 Å². The van der Waals surface area contributed by atoms with E-state index in [0.29, 0.717) is 11.8 Å². The summed E-state index contributed by atoms with van der Waals surface area (Å²) >= 11 is 0. The first-order valence-corrected chi connectivity index (χ1v) is 7.02. The van der Waals surface area contributed by atoms with Crippen LogP contribution in [0.3, 0.4) is 0 Å². The fourth-order valence-electron chi connectivity index (χ4n) is 3.09. The number of rotatable bonds is 4. The zero-order valence-electron chi connectivity index (χ0n) is 11.2. The lowest BCUT2D eigenvalue weighted by Crippen LogP contribution is -2.19. The van der Waals surface area contributed by atoms with Crippen molar-refractivity contribution in [2.75, 3.05) is 6.54 Å². The summed E-state index contributed by atoms with van der Waals surface area (Å²) < 4.78 is 0. The van der Waals surface area contributed by atoms with Crippen LogP contribution < -0.4 is 5.73 Å². The first-order valence-electron chi connectivity index (χ1n) is 7.02. The molecule has 1 atom stereocenters. The van der Waals surface area contributed by atoms with E-state index in [1.807, 2.05) is 0 Å². The fourth-order valence-corrected chi connectivity index (χ4v) is 3.09. The highest BCUT2D eigenvalue weighted by Gasteiger charge is 2.25. The molecule has 1 heteroatoms. The van der Waals surface area contributed by atoms with Crippen LogP contribution >= 0.6 is 0 Å². The predicted molar refractivity (Wildman–Crippen MR) is 74.3 cm³/mol. The molecule has 1 aliphatic rings. The number of benzene rings is 1. The van der Waals surface area contributed by atoms with Crippen LogP contribution in [0.4, 0.5) is 0 Å². The predicted octanol–water partition coefficient (Wildman–Crippen LogP) is 4.04. The quantitative estimate of drug-likeness (QED) is 0.831. The molecule has 2 N–H and O–H groups in total. The molecular weight excluding hydrogens is 206 g/mol. The molecule has 0 radical (unpaired) electrons. The van der Waals surface area contributed by atoms with Gasteiger partial charge in [-0.3, -0.25) is 0 Å². The molecule has 1 aromatic rings. The number of nitrogens with two attached hydrogens (primary N) is 1. The van der Waals surface area contributed by atoms with Gasteiger partial charge in [0, 0.05) is 0 Å². The summed E-state index contributed by atoms with van der Waals surface area (Å²) in [4.78, 5) is 0. The molecule has 0 spiro atoms. The van der Waals surface area contributed by atoms with Crippen LogP contribution in [0.25, 0.3) is 0 Å². The van der Waals surface area contributed by atoms with Crippen LogP contribution in [-0.2, 0) is 0 Å². The van der Waals surface area contributed by atoms with Crippen molar-refractivity contribution in [2.24, 2.45) is 11.7 Å². The lowest BCUT2D eigenvalue weighted by Gasteiger charge is -2.22. The average molecular weight is 231 g/mol. The Bertz CT molecular complexity index is 333. The van der Waals surface area contributed by atoms with E-state index >= 15 is 0 Å². The van der Waals surface area contributed by atoms with Crippen LogP contribution in [0.2, 0.25) is 0 Å². The molecule has 1 aliphatic carbocycles. The Hall–Kier alpha value is -0.820. The monoisotopic (exact) mass is 231 g/mol. The minimum absolute atomic E-state index is 0.582. The summed E-state index contributed by atoms with van der Waals surface area (Å²) in [5.74, 6) is 2.02. The van der Waals surface area contributed by atoms with E-state index in [9.17, 15) is 0 Å². The van der Waals surface area contributed by atoms with Crippen LogP contribution in [0.15, 0.2) is 24.3 Å². The van der Waals surface area contributed by atoms with Gasteiger partial charge in [-0.1, -0.05) is 51.0 Å². The van der Waals surface area contributed by atoms with Crippen molar-refractivity contribution < 1.29 is 0 Å². The Balaban J connectivity index is 2.13. The third kappa shape index (κ3) is 2.90. The van der Waals surface area contributed by atoms with Gasteiger partial charge < -0.3 is 5.73 Å². The van der Waals surface area contributed by atoms with Gasteiger partial charge in [0.05, 0.1) is 0 Å². The maximum atomic E-state index is 5.98. The van der Waals surface area contributed by atoms with E-state index < -0.39 is 0 Å². The van der Waals surface area contributed by atoms with E-state index in [2.05, 4.69) is 38.1 Å². The fraction of sp³-hybridized carbons (Fsp3) is 0.625. The third-order valence-electron chi connectivity index (χ3n) is 4.25. The minimum Gasteiger partial charge on any atom is -0.330 e. The van der Waals surface area contributed by atoms with Gasteiger partial charge in [-0.2, -0.15) is 0 Å². The SMILES string of the molecule is CC(C)c1ccc(C(CN)C2CCCC2)cc1. The molecule has 1 aromatic carbocycles. The Morgan fingerprint density at radius 2 is 1.59 bits per heavy atom. The molecule has 17 heavy (non-hydrogen) atoms. The Morgan fingerprint density at radius 3 is 2.06 bits per heavy atom. The Labute approximate surface area is 105 Å². The molecule has 0 aliphatic heterocycles. The highest BCUT2D eigenvalue weighted by atomic mass is 14.6. The van der Waals surface area contributed by atoms with Gasteiger partial charge >= 0.3 is 0 Å². The van der Waals surface area contributed by atoms with Gasteiger partial charge in [-0.05, 0) is 48.3 Å². The smallest absolute Gasteiger partial charge is 0.000556 e. The first kappa shape index (κ1) is 12.6. The summed E-state index contributed by atoms with van der Waals surface area (Å²) in [6, 6.07) is 9.14. The topological polar surface area (TPSA) is 26.0 Å². The lowest BCUT2D eigenvalue weighted by molar-refractivity contribution is 0.440. The van der Waals surface area contributed by atoms with Gasteiger partial charge in [-0.15, -0.1) is 0 Å². The molecule has 94 valence electrons. The molecule has 0 aromatic heterocycles. The zero-order chi connectivity index (χ0) is 12.3. The normalized spacial score (nSPS) is 18.8. The molecule has 1 fully saturated rings. The largest absolute Gasteiger partial charge is 0.330 e. The van der Waals surface area contributed by atoms with E-state index in [4.69, 9.17) is 5.73 Å². The van der Waals surface area contributed by atoms with Crippen molar-refractivity contribution in [1.29, 1.82) is 0 Å². The Morgan fingerprint density at radius 1 is 1.06 bits per heavy atom. The molecular formula is C16H25N. The molecule has 1 saturated carbocycles. The van der Waals surface area contributed by atoms with Crippen molar-refractivity contribution >= 4 is 0 Å². The number of hydrogen-bond donors (Lipinski definition) is 1. The summed E-state index contributed by atoms with van der Waals surface area (Å²) in [7, 11) is 0. The minimum atomic E-state index is 0.582. The molecule has 0 bridgehead atoms. The van der Waals surface area contributed by atoms with Crippen molar-refractivity contribution in [3.05, 3.63) is 35.4 Å². The molecule has 0 heterocycles. The summed E-state index contributed by atoms with van der Waals surface area (Å²) in [5, 5.41) is 0. The highest BCUT2D eigenvalue weighted by molar-refractivity contribution is 5.28. The van der Waals surface area contributed by atoms with Gasteiger partial charge in [0.2, 0.25) is 0 Å².